The van der Waals surface area contributed by atoms with Gasteiger partial charge in [-0.15, -0.1) is 11.3 Å². The van der Waals surface area contributed by atoms with Crippen LogP contribution in [0, 0.1) is 11.3 Å². The van der Waals surface area contributed by atoms with Gasteiger partial charge in [0.25, 0.3) is 0 Å². The van der Waals surface area contributed by atoms with Gasteiger partial charge >= 0.3 is 0 Å². The Morgan fingerprint density at radius 2 is 2.20 bits per heavy atom. The van der Waals surface area contributed by atoms with E-state index in [-0.39, 0.29) is 17.4 Å². The van der Waals surface area contributed by atoms with Crippen LogP contribution in [0.3, 0.4) is 0 Å². The number of rotatable bonds is 2. The van der Waals surface area contributed by atoms with Crippen LogP contribution in [0.2, 0.25) is 4.34 Å². The number of nitrogens with zero attached hydrogens (tertiary/aromatic N) is 1. The van der Waals surface area contributed by atoms with Crippen LogP contribution < -0.4 is 5.73 Å². The molecule has 0 radical (unpaired) electrons. The smallest absolute Gasteiger partial charge is 0.228 e. The molecule has 5 heteroatoms. The minimum atomic E-state index is -0.340. The van der Waals surface area contributed by atoms with Crippen molar-refractivity contribution in [3.8, 4) is 0 Å². The topological polar surface area (TPSA) is 46.3 Å². The first-order valence-corrected chi connectivity index (χ1v) is 8.29. The molecule has 20 heavy (non-hydrogen) atoms. The van der Waals surface area contributed by atoms with Crippen LogP contribution in [0.25, 0.3) is 0 Å². The third-order valence-corrected chi connectivity index (χ3v) is 4.78. The lowest BCUT2D eigenvalue weighted by Gasteiger charge is -2.39. The third-order valence-electron chi connectivity index (χ3n) is 3.64. The fourth-order valence-electron chi connectivity index (χ4n) is 2.82. The molecule has 2 heterocycles. The zero-order valence-corrected chi connectivity index (χ0v) is 13.9. The van der Waals surface area contributed by atoms with Crippen LogP contribution in [-0.2, 0) is 11.2 Å². The lowest BCUT2D eigenvalue weighted by Crippen LogP contribution is -2.52. The average molecular weight is 315 g/mol. The van der Waals surface area contributed by atoms with Crippen LogP contribution in [0.1, 0.15) is 32.8 Å². The van der Waals surface area contributed by atoms with E-state index in [9.17, 15) is 4.79 Å². The van der Waals surface area contributed by atoms with Gasteiger partial charge in [-0.25, -0.2) is 0 Å². The highest BCUT2D eigenvalue weighted by Gasteiger charge is 2.33. The number of hydrogen-bond acceptors (Lipinski definition) is 3. The molecule has 1 aliphatic rings. The number of thiophene rings is 1. The summed E-state index contributed by atoms with van der Waals surface area (Å²) in [6.45, 7) is 7.36. The van der Waals surface area contributed by atoms with E-state index in [2.05, 4.69) is 5.38 Å². The summed E-state index contributed by atoms with van der Waals surface area (Å²) >= 11 is 7.53. The lowest BCUT2D eigenvalue weighted by molar-refractivity contribution is -0.141. The summed E-state index contributed by atoms with van der Waals surface area (Å²) in [6.07, 6.45) is 1.92. The zero-order valence-electron chi connectivity index (χ0n) is 12.4. The third kappa shape index (κ3) is 3.96. The molecular formula is C15H23ClN2OS. The maximum Gasteiger partial charge on any atom is 0.228 e. The summed E-state index contributed by atoms with van der Waals surface area (Å²) in [5.41, 5.74) is 7.05. The normalized spacial score (nSPS) is 23.9. The molecule has 1 saturated heterocycles. The quantitative estimate of drug-likeness (QED) is 0.911. The van der Waals surface area contributed by atoms with Gasteiger partial charge in [0, 0.05) is 24.5 Å². The van der Waals surface area contributed by atoms with Crippen molar-refractivity contribution in [2.45, 2.75) is 39.7 Å². The van der Waals surface area contributed by atoms with Crippen molar-refractivity contribution >= 4 is 28.8 Å². The highest BCUT2D eigenvalue weighted by molar-refractivity contribution is 7.14. The number of hydrogen-bond donors (Lipinski definition) is 1. The molecule has 1 aromatic heterocycles. The Hall–Kier alpha value is -0.580. The number of piperidine rings is 1. The number of halogens is 1. The molecule has 1 aliphatic heterocycles. The van der Waals surface area contributed by atoms with Crippen molar-refractivity contribution in [1.82, 2.24) is 4.90 Å². The Morgan fingerprint density at radius 3 is 2.75 bits per heavy atom. The molecule has 0 aromatic carbocycles. The van der Waals surface area contributed by atoms with E-state index >= 15 is 0 Å². The summed E-state index contributed by atoms with van der Waals surface area (Å²) in [7, 11) is 0. The molecule has 3 nitrogen and oxygen atoms in total. The van der Waals surface area contributed by atoms with Crippen molar-refractivity contribution in [3.63, 3.8) is 0 Å². The first-order valence-electron chi connectivity index (χ1n) is 7.03. The van der Waals surface area contributed by atoms with E-state index in [0.29, 0.717) is 12.5 Å². The average Bonchev–Trinajstić information content (AvgIpc) is 2.71. The van der Waals surface area contributed by atoms with Gasteiger partial charge in [-0.3, -0.25) is 4.79 Å². The first kappa shape index (κ1) is 15.8. The summed E-state index contributed by atoms with van der Waals surface area (Å²) < 4.78 is 0.822. The zero-order chi connectivity index (χ0) is 14.9. The molecule has 2 rings (SSSR count). The van der Waals surface area contributed by atoms with Crippen molar-refractivity contribution < 1.29 is 4.79 Å². The fourth-order valence-corrected chi connectivity index (χ4v) is 3.74. The lowest BCUT2D eigenvalue weighted by atomic mass is 9.87. The van der Waals surface area contributed by atoms with Gasteiger partial charge in [-0.05, 0) is 35.8 Å². The van der Waals surface area contributed by atoms with E-state index < -0.39 is 0 Å². The molecule has 2 unspecified atom stereocenters. The fraction of sp³-hybridized carbons (Fsp3) is 0.667. The molecule has 1 fully saturated rings. The van der Waals surface area contributed by atoms with Crippen LogP contribution in [0.4, 0.5) is 0 Å². The molecule has 1 amide bonds. The monoisotopic (exact) mass is 314 g/mol. The van der Waals surface area contributed by atoms with Crippen LogP contribution in [-0.4, -0.2) is 29.9 Å². The van der Waals surface area contributed by atoms with Crippen LogP contribution in [0.5, 0.6) is 0 Å². The highest BCUT2D eigenvalue weighted by Crippen LogP contribution is 2.27. The SMILES string of the molecule is CC(C)(C)C(=O)N1CC(N)CC(Cc2csc(Cl)c2)C1. The molecule has 2 N–H and O–H groups in total. The van der Waals surface area contributed by atoms with Crippen molar-refractivity contribution in [3.05, 3.63) is 21.3 Å². The second-order valence-corrected chi connectivity index (χ2v) is 8.33. The van der Waals surface area contributed by atoms with E-state index in [1.165, 1.54) is 5.56 Å². The predicted octanol–water partition coefficient (Wildman–Crippen LogP) is 3.17. The summed E-state index contributed by atoms with van der Waals surface area (Å²) in [6, 6.07) is 2.09. The van der Waals surface area contributed by atoms with Gasteiger partial charge in [0.15, 0.2) is 0 Å². The minimum absolute atomic E-state index is 0.0779. The molecule has 2 atom stereocenters. The largest absolute Gasteiger partial charge is 0.340 e. The maximum absolute atomic E-state index is 12.4. The number of likely N-dealkylation sites (tertiary alicyclic amines) is 1. The van der Waals surface area contributed by atoms with Gasteiger partial charge < -0.3 is 10.6 Å². The maximum atomic E-state index is 12.4. The standard InChI is InChI=1S/C15H23ClN2OS/c1-15(2,3)14(19)18-7-10(5-12(17)8-18)4-11-6-13(16)20-9-11/h6,9-10,12H,4-5,7-8,17H2,1-3H3. The molecule has 1 aromatic rings. The Balaban J connectivity index is 2.03. The minimum Gasteiger partial charge on any atom is -0.340 e. The van der Waals surface area contributed by atoms with E-state index in [4.69, 9.17) is 17.3 Å². The molecule has 0 aliphatic carbocycles. The summed E-state index contributed by atoms with van der Waals surface area (Å²) in [5.74, 6) is 0.622. The van der Waals surface area contributed by atoms with Gasteiger partial charge in [0.2, 0.25) is 5.91 Å². The van der Waals surface area contributed by atoms with Crippen molar-refractivity contribution in [1.29, 1.82) is 0 Å². The van der Waals surface area contributed by atoms with E-state index in [0.717, 1.165) is 23.7 Å². The second-order valence-electron chi connectivity index (χ2n) is 6.79. The highest BCUT2D eigenvalue weighted by atomic mass is 35.5. The Labute approximate surface area is 130 Å². The number of amides is 1. The Bertz CT molecular complexity index is 480. The predicted molar refractivity (Wildman–Crippen MR) is 85.2 cm³/mol. The van der Waals surface area contributed by atoms with Gasteiger partial charge in [0.05, 0.1) is 4.34 Å². The van der Waals surface area contributed by atoms with Crippen LogP contribution in [0.15, 0.2) is 11.4 Å². The van der Waals surface area contributed by atoms with Gasteiger partial charge in [-0.2, -0.15) is 0 Å². The summed E-state index contributed by atoms with van der Waals surface area (Å²) in [4.78, 5) is 14.4. The van der Waals surface area contributed by atoms with Gasteiger partial charge in [0.1, 0.15) is 0 Å². The molecule has 0 saturated carbocycles. The second kappa shape index (κ2) is 6.04. The number of carbonyl (C=O) groups excluding carboxylic acids is 1. The first-order chi connectivity index (χ1) is 9.25. The number of nitrogens with two attached hydrogens (primary N) is 1. The summed E-state index contributed by atoms with van der Waals surface area (Å²) in [5, 5.41) is 2.10. The molecule has 0 bridgehead atoms. The molecule has 112 valence electrons. The van der Waals surface area contributed by atoms with Crippen molar-refractivity contribution in [2.75, 3.05) is 13.1 Å². The Kier molecular flexibility index (Phi) is 4.77. The van der Waals surface area contributed by atoms with Gasteiger partial charge in [-0.1, -0.05) is 32.4 Å². The van der Waals surface area contributed by atoms with E-state index in [1.54, 1.807) is 11.3 Å². The van der Waals surface area contributed by atoms with E-state index in [1.807, 2.05) is 31.7 Å². The number of carbonyl (C=O) groups is 1. The Morgan fingerprint density at radius 1 is 1.50 bits per heavy atom. The molecular weight excluding hydrogens is 292 g/mol. The van der Waals surface area contributed by atoms with Crippen molar-refractivity contribution in [2.24, 2.45) is 17.1 Å². The molecule has 0 spiro atoms. The van der Waals surface area contributed by atoms with Crippen LogP contribution >= 0.6 is 22.9 Å².